The van der Waals surface area contributed by atoms with Gasteiger partial charge in [0.1, 0.15) is 5.75 Å². The molecule has 1 saturated heterocycles. The summed E-state index contributed by atoms with van der Waals surface area (Å²) in [5.41, 5.74) is 0.933. The number of piperidine rings is 1. The second-order valence-corrected chi connectivity index (χ2v) is 5.70. The van der Waals surface area contributed by atoms with Crippen LogP contribution in [-0.4, -0.2) is 24.8 Å². The minimum Gasteiger partial charge on any atom is -0.493 e. The van der Waals surface area contributed by atoms with E-state index in [9.17, 15) is 5.11 Å². The van der Waals surface area contributed by atoms with E-state index < -0.39 is 6.10 Å². The van der Waals surface area contributed by atoms with Crippen molar-refractivity contribution < 1.29 is 9.84 Å². The fourth-order valence-electron chi connectivity index (χ4n) is 3.16. The maximum atomic E-state index is 10.8. The van der Waals surface area contributed by atoms with E-state index in [1.807, 2.05) is 19.1 Å². The van der Waals surface area contributed by atoms with Gasteiger partial charge in [-0.25, -0.2) is 0 Å². The Morgan fingerprint density at radius 3 is 2.52 bits per heavy atom. The molecule has 1 aliphatic rings. The molecule has 0 radical (unpaired) electrons. The number of aliphatic hydroxyl groups excluding tert-OH is 1. The van der Waals surface area contributed by atoms with Crippen LogP contribution in [0, 0.1) is 5.92 Å². The lowest BCUT2D eigenvalue weighted by atomic mass is 9.87. The van der Waals surface area contributed by atoms with E-state index in [2.05, 4.69) is 29.6 Å². The van der Waals surface area contributed by atoms with Crippen molar-refractivity contribution >= 4 is 10.8 Å². The predicted molar refractivity (Wildman–Crippen MR) is 85.7 cm³/mol. The molecule has 112 valence electrons. The summed E-state index contributed by atoms with van der Waals surface area (Å²) in [6, 6.07) is 12.4. The molecule has 2 N–H and O–H groups in total. The van der Waals surface area contributed by atoms with Crippen LogP contribution >= 0.6 is 0 Å². The van der Waals surface area contributed by atoms with Gasteiger partial charge in [0.05, 0.1) is 12.7 Å². The maximum absolute atomic E-state index is 10.8. The van der Waals surface area contributed by atoms with Crippen LogP contribution in [0.4, 0.5) is 0 Å². The van der Waals surface area contributed by atoms with Gasteiger partial charge in [0.25, 0.3) is 0 Å². The van der Waals surface area contributed by atoms with Crippen LogP contribution in [-0.2, 0) is 0 Å². The average Bonchev–Trinajstić information content (AvgIpc) is 2.55. The van der Waals surface area contributed by atoms with Crippen LogP contribution in [0.15, 0.2) is 36.4 Å². The highest BCUT2D eigenvalue weighted by Crippen LogP contribution is 2.36. The molecule has 0 saturated carbocycles. The highest BCUT2D eigenvalue weighted by Gasteiger charge is 2.25. The molecular weight excluding hydrogens is 262 g/mol. The van der Waals surface area contributed by atoms with Gasteiger partial charge in [-0.05, 0) is 61.7 Å². The number of rotatable bonds is 4. The Kier molecular flexibility index (Phi) is 4.42. The zero-order valence-corrected chi connectivity index (χ0v) is 12.5. The summed E-state index contributed by atoms with van der Waals surface area (Å²) in [5, 5.41) is 16.5. The van der Waals surface area contributed by atoms with E-state index in [0.717, 1.165) is 48.0 Å². The van der Waals surface area contributed by atoms with Gasteiger partial charge in [-0.3, -0.25) is 0 Å². The standard InChI is InChI=1S/C18H23NO2/c1-2-21-17-12-15-6-4-3-5-14(15)11-16(17)18(20)13-7-9-19-10-8-13/h3-6,11-13,18-20H,2,7-10H2,1H3. The fourth-order valence-corrected chi connectivity index (χ4v) is 3.16. The minimum absolute atomic E-state index is 0.312. The van der Waals surface area contributed by atoms with Gasteiger partial charge in [-0.2, -0.15) is 0 Å². The number of aliphatic hydroxyl groups is 1. The molecule has 2 aromatic carbocycles. The Bertz CT molecular complexity index is 605. The summed E-state index contributed by atoms with van der Waals surface area (Å²) in [7, 11) is 0. The molecule has 2 aromatic rings. The van der Waals surface area contributed by atoms with E-state index in [-0.39, 0.29) is 0 Å². The van der Waals surface area contributed by atoms with Crippen LogP contribution in [0.1, 0.15) is 31.4 Å². The largest absolute Gasteiger partial charge is 0.493 e. The first kappa shape index (κ1) is 14.4. The average molecular weight is 285 g/mol. The van der Waals surface area contributed by atoms with E-state index in [1.54, 1.807) is 0 Å². The molecule has 3 heteroatoms. The summed E-state index contributed by atoms with van der Waals surface area (Å²) in [4.78, 5) is 0. The first-order chi connectivity index (χ1) is 10.3. The van der Waals surface area contributed by atoms with Crippen LogP contribution in [0.25, 0.3) is 10.8 Å². The molecule has 1 fully saturated rings. The number of fused-ring (bicyclic) bond motifs is 1. The van der Waals surface area contributed by atoms with Crippen LogP contribution < -0.4 is 10.1 Å². The molecule has 0 aliphatic carbocycles. The van der Waals surface area contributed by atoms with Gasteiger partial charge >= 0.3 is 0 Å². The van der Waals surface area contributed by atoms with Gasteiger partial charge in [0.15, 0.2) is 0 Å². The Hall–Kier alpha value is -1.58. The van der Waals surface area contributed by atoms with Crippen molar-refractivity contribution in [2.75, 3.05) is 19.7 Å². The monoisotopic (exact) mass is 285 g/mol. The van der Waals surface area contributed by atoms with Crippen molar-refractivity contribution in [2.45, 2.75) is 25.9 Å². The van der Waals surface area contributed by atoms with Gasteiger partial charge < -0.3 is 15.2 Å². The van der Waals surface area contributed by atoms with Crippen LogP contribution in [0.3, 0.4) is 0 Å². The second kappa shape index (κ2) is 6.46. The first-order valence-corrected chi connectivity index (χ1v) is 7.84. The van der Waals surface area contributed by atoms with Crippen molar-refractivity contribution in [3.8, 4) is 5.75 Å². The van der Waals surface area contributed by atoms with Crippen molar-refractivity contribution in [2.24, 2.45) is 5.92 Å². The molecule has 0 spiro atoms. The van der Waals surface area contributed by atoms with Crippen LogP contribution in [0.5, 0.6) is 5.75 Å². The van der Waals surface area contributed by atoms with Crippen molar-refractivity contribution in [3.63, 3.8) is 0 Å². The quantitative estimate of drug-likeness (QED) is 0.906. The lowest BCUT2D eigenvalue weighted by Gasteiger charge is -2.28. The molecular formula is C18H23NO2. The van der Waals surface area contributed by atoms with Gasteiger partial charge in [-0.1, -0.05) is 24.3 Å². The summed E-state index contributed by atoms with van der Waals surface area (Å²) in [6.45, 7) is 4.57. The van der Waals surface area contributed by atoms with Crippen molar-refractivity contribution in [3.05, 3.63) is 42.0 Å². The number of hydrogen-bond donors (Lipinski definition) is 2. The summed E-state index contributed by atoms with van der Waals surface area (Å²) >= 11 is 0. The Morgan fingerprint density at radius 1 is 1.19 bits per heavy atom. The number of ether oxygens (including phenoxy) is 1. The molecule has 0 aromatic heterocycles. The number of nitrogens with one attached hydrogen (secondary N) is 1. The van der Waals surface area contributed by atoms with Crippen molar-refractivity contribution in [1.82, 2.24) is 5.32 Å². The molecule has 1 atom stereocenters. The Labute approximate surface area is 125 Å². The summed E-state index contributed by atoms with van der Waals surface area (Å²) < 4.78 is 5.78. The van der Waals surface area contributed by atoms with E-state index in [4.69, 9.17) is 4.74 Å². The molecule has 3 nitrogen and oxygen atoms in total. The SMILES string of the molecule is CCOc1cc2ccccc2cc1C(O)C1CCNCC1. The first-order valence-electron chi connectivity index (χ1n) is 7.84. The highest BCUT2D eigenvalue weighted by molar-refractivity contribution is 5.85. The maximum Gasteiger partial charge on any atom is 0.125 e. The topological polar surface area (TPSA) is 41.5 Å². The molecule has 1 heterocycles. The lowest BCUT2D eigenvalue weighted by molar-refractivity contribution is 0.0860. The molecule has 1 aliphatic heterocycles. The smallest absolute Gasteiger partial charge is 0.125 e. The van der Waals surface area contributed by atoms with Gasteiger partial charge in [0, 0.05) is 5.56 Å². The second-order valence-electron chi connectivity index (χ2n) is 5.70. The van der Waals surface area contributed by atoms with E-state index in [1.165, 1.54) is 0 Å². The summed E-state index contributed by atoms with van der Waals surface area (Å²) in [6.07, 6.45) is 1.58. The van der Waals surface area contributed by atoms with Gasteiger partial charge in [-0.15, -0.1) is 0 Å². The number of benzene rings is 2. The molecule has 0 amide bonds. The van der Waals surface area contributed by atoms with E-state index >= 15 is 0 Å². The normalized spacial score (nSPS) is 17.8. The van der Waals surface area contributed by atoms with Gasteiger partial charge in [0.2, 0.25) is 0 Å². The summed E-state index contributed by atoms with van der Waals surface area (Å²) in [5.74, 6) is 1.13. The third kappa shape index (κ3) is 3.04. The zero-order chi connectivity index (χ0) is 14.7. The Balaban J connectivity index is 1.99. The lowest BCUT2D eigenvalue weighted by Crippen LogP contribution is -2.31. The minimum atomic E-state index is -0.446. The molecule has 1 unspecified atom stereocenters. The zero-order valence-electron chi connectivity index (χ0n) is 12.5. The van der Waals surface area contributed by atoms with Crippen molar-refractivity contribution in [1.29, 1.82) is 0 Å². The third-order valence-electron chi connectivity index (χ3n) is 4.33. The Morgan fingerprint density at radius 2 is 1.86 bits per heavy atom. The highest BCUT2D eigenvalue weighted by atomic mass is 16.5. The molecule has 3 rings (SSSR count). The van der Waals surface area contributed by atoms with E-state index in [0.29, 0.717) is 12.5 Å². The predicted octanol–water partition coefficient (Wildman–Crippen LogP) is 3.27. The number of hydrogen-bond acceptors (Lipinski definition) is 3. The molecule has 21 heavy (non-hydrogen) atoms. The molecule has 0 bridgehead atoms. The fraction of sp³-hybridized carbons (Fsp3) is 0.444. The third-order valence-corrected chi connectivity index (χ3v) is 4.33. The van der Waals surface area contributed by atoms with Crippen LogP contribution in [0.2, 0.25) is 0 Å².